The summed E-state index contributed by atoms with van der Waals surface area (Å²) in [7, 11) is -3.67. The number of nitrogens with one attached hydrogen (secondary N) is 1. The van der Waals surface area contributed by atoms with Crippen LogP contribution in [0.4, 0.5) is 0 Å². The normalized spacial score (nSPS) is 15.4. The number of rotatable bonds is 4. The Morgan fingerprint density at radius 2 is 2.10 bits per heavy atom. The van der Waals surface area contributed by atoms with Gasteiger partial charge in [-0.3, -0.25) is 0 Å². The van der Waals surface area contributed by atoms with Gasteiger partial charge in [-0.1, -0.05) is 23.4 Å². The molecule has 0 amide bonds. The van der Waals surface area contributed by atoms with Crippen molar-refractivity contribution in [1.29, 1.82) is 0 Å². The van der Waals surface area contributed by atoms with Crippen molar-refractivity contribution < 1.29 is 13.5 Å². The largest absolute Gasteiger partial charge is 0.384 e. The van der Waals surface area contributed by atoms with Crippen molar-refractivity contribution >= 4 is 21.6 Å². The van der Waals surface area contributed by atoms with Crippen LogP contribution in [0.1, 0.15) is 32.3 Å². The van der Waals surface area contributed by atoms with Crippen LogP contribution in [0.2, 0.25) is 5.02 Å². The Bertz CT molecular complexity index is 697. The Morgan fingerprint density at radius 1 is 1.43 bits per heavy atom. The summed E-state index contributed by atoms with van der Waals surface area (Å²) >= 11 is 6.07. The fourth-order valence-corrected chi connectivity index (χ4v) is 4.25. The predicted molar refractivity (Wildman–Crippen MR) is 82.5 cm³/mol. The van der Waals surface area contributed by atoms with E-state index in [4.69, 9.17) is 16.7 Å². The number of sulfonamides is 1. The van der Waals surface area contributed by atoms with Gasteiger partial charge in [0.25, 0.3) is 0 Å². The molecule has 6 heteroatoms. The maximum absolute atomic E-state index is 12.5. The first-order valence-electron chi connectivity index (χ1n) is 6.69. The van der Waals surface area contributed by atoms with Crippen molar-refractivity contribution in [3.8, 4) is 11.8 Å². The summed E-state index contributed by atoms with van der Waals surface area (Å²) in [6.07, 6.45) is 2.08. The Labute approximate surface area is 130 Å². The molecule has 0 bridgehead atoms. The molecule has 2 N–H and O–H groups in total. The molecule has 1 aromatic rings. The zero-order chi connectivity index (χ0) is 15.7. The average molecular weight is 328 g/mol. The van der Waals surface area contributed by atoms with E-state index < -0.39 is 15.6 Å². The van der Waals surface area contributed by atoms with Crippen molar-refractivity contribution in [3.05, 3.63) is 28.8 Å². The number of aliphatic hydroxyl groups excluding tert-OH is 1. The van der Waals surface area contributed by atoms with E-state index in [0.717, 1.165) is 12.8 Å². The molecule has 1 aliphatic rings. The quantitative estimate of drug-likeness (QED) is 0.833. The van der Waals surface area contributed by atoms with E-state index in [0.29, 0.717) is 11.5 Å². The van der Waals surface area contributed by atoms with Crippen LogP contribution < -0.4 is 4.72 Å². The van der Waals surface area contributed by atoms with Crippen molar-refractivity contribution in [2.75, 3.05) is 6.61 Å². The molecule has 0 heterocycles. The first-order valence-corrected chi connectivity index (χ1v) is 8.55. The molecular weight excluding hydrogens is 310 g/mol. The lowest BCUT2D eigenvalue weighted by atomic mass is 10.0. The molecule has 21 heavy (non-hydrogen) atoms. The van der Waals surface area contributed by atoms with Gasteiger partial charge in [-0.25, -0.2) is 13.1 Å². The Hall–Kier alpha value is -1.06. The Kier molecular flexibility index (Phi) is 4.64. The molecule has 0 atom stereocenters. The van der Waals surface area contributed by atoms with Gasteiger partial charge in [-0.15, -0.1) is 0 Å². The minimum absolute atomic E-state index is 0.0486. The van der Waals surface area contributed by atoms with Gasteiger partial charge < -0.3 is 5.11 Å². The highest BCUT2D eigenvalue weighted by Gasteiger charge is 2.40. The maximum Gasteiger partial charge on any atom is 0.242 e. The molecule has 1 saturated carbocycles. The highest BCUT2D eigenvalue weighted by molar-refractivity contribution is 7.89. The third kappa shape index (κ3) is 3.98. The third-order valence-electron chi connectivity index (χ3n) is 3.53. The summed E-state index contributed by atoms with van der Waals surface area (Å²) in [5.74, 6) is 5.56. The lowest BCUT2D eigenvalue weighted by Crippen LogP contribution is -2.45. The number of benzene rings is 1. The minimum Gasteiger partial charge on any atom is -0.384 e. The van der Waals surface area contributed by atoms with Crippen LogP contribution in [0.5, 0.6) is 0 Å². The van der Waals surface area contributed by atoms with Gasteiger partial charge in [-0.05, 0) is 50.8 Å². The van der Waals surface area contributed by atoms with Crippen LogP contribution in [0, 0.1) is 17.8 Å². The molecule has 4 nitrogen and oxygen atoms in total. The van der Waals surface area contributed by atoms with Gasteiger partial charge in [0.1, 0.15) is 11.5 Å². The second-order valence-corrected chi connectivity index (χ2v) is 7.76. The monoisotopic (exact) mass is 327 g/mol. The van der Waals surface area contributed by atoms with E-state index in [1.165, 1.54) is 12.1 Å². The zero-order valence-corrected chi connectivity index (χ0v) is 13.6. The van der Waals surface area contributed by atoms with Gasteiger partial charge in [0, 0.05) is 11.1 Å². The molecule has 1 aliphatic carbocycles. The molecule has 0 spiro atoms. The fourth-order valence-electron chi connectivity index (χ4n) is 2.23. The summed E-state index contributed by atoms with van der Waals surface area (Å²) in [5.41, 5.74) is 0.0896. The van der Waals surface area contributed by atoms with Crippen LogP contribution in [0.25, 0.3) is 0 Å². The molecular formula is C15H18ClNO3S. The molecule has 2 rings (SSSR count). The van der Waals surface area contributed by atoms with Gasteiger partial charge >= 0.3 is 0 Å². The highest BCUT2D eigenvalue weighted by Crippen LogP contribution is 2.40. The second-order valence-electron chi connectivity index (χ2n) is 5.71. The smallest absolute Gasteiger partial charge is 0.242 e. The first-order chi connectivity index (χ1) is 9.76. The van der Waals surface area contributed by atoms with Gasteiger partial charge in [-0.2, -0.15) is 0 Å². The third-order valence-corrected chi connectivity index (χ3v) is 5.68. The molecule has 114 valence electrons. The van der Waals surface area contributed by atoms with Crippen LogP contribution in [0.15, 0.2) is 23.1 Å². The van der Waals surface area contributed by atoms with Gasteiger partial charge in [0.2, 0.25) is 10.0 Å². The standard InChI is InChI=1S/C15H18ClNO3S/c1-15(2,12-6-7-12)17-21(19,20)14-8-5-11(4-3-9-18)10-13(14)16/h5,8,10,12,17-18H,6-7,9H2,1-2H3. The summed E-state index contributed by atoms with van der Waals surface area (Å²) < 4.78 is 27.6. The van der Waals surface area contributed by atoms with Gasteiger partial charge in [0.15, 0.2) is 0 Å². The Morgan fingerprint density at radius 3 is 2.62 bits per heavy atom. The van der Waals surface area contributed by atoms with E-state index in [-0.39, 0.29) is 16.5 Å². The van der Waals surface area contributed by atoms with Crippen molar-refractivity contribution in [2.45, 2.75) is 37.1 Å². The van der Waals surface area contributed by atoms with Crippen molar-refractivity contribution in [3.63, 3.8) is 0 Å². The molecule has 0 unspecified atom stereocenters. The Balaban J connectivity index is 2.28. The summed E-state index contributed by atoms with van der Waals surface area (Å²) in [6.45, 7) is 3.52. The molecule has 0 radical (unpaired) electrons. The van der Waals surface area contributed by atoms with Crippen LogP contribution >= 0.6 is 11.6 Å². The zero-order valence-electron chi connectivity index (χ0n) is 12.0. The molecule has 0 aliphatic heterocycles. The summed E-state index contributed by atoms with van der Waals surface area (Å²) in [6, 6.07) is 4.51. The molecule has 1 aromatic carbocycles. The van der Waals surface area contributed by atoms with E-state index in [1.807, 2.05) is 13.8 Å². The predicted octanol–water partition coefficient (Wildman–Crippen LogP) is 2.15. The molecule has 1 fully saturated rings. The van der Waals surface area contributed by atoms with Crippen LogP contribution in [-0.2, 0) is 10.0 Å². The lowest BCUT2D eigenvalue weighted by Gasteiger charge is -2.26. The van der Waals surface area contributed by atoms with Gasteiger partial charge in [0.05, 0.1) is 5.02 Å². The fraction of sp³-hybridized carbons (Fsp3) is 0.467. The highest BCUT2D eigenvalue weighted by atomic mass is 35.5. The van der Waals surface area contributed by atoms with E-state index in [1.54, 1.807) is 6.07 Å². The molecule has 0 saturated heterocycles. The topological polar surface area (TPSA) is 66.4 Å². The van der Waals surface area contributed by atoms with Crippen LogP contribution in [0.3, 0.4) is 0 Å². The number of hydrogen-bond donors (Lipinski definition) is 2. The SMILES string of the molecule is CC(C)(NS(=O)(=O)c1ccc(C#CCO)cc1Cl)C1CC1. The minimum atomic E-state index is -3.67. The number of hydrogen-bond acceptors (Lipinski definition) is 3. The van der Waals surface area contributed by atoms with E-state index in [9.17, 15) is 8.42 Å². The maximum atomic E-state index is 12.5. The number of halogens is 1. The average Bonchev–Trinajstić information content (AvgIpc) is 3.19. The lowest BCUT2D eigenvalue weighted by molar-refractivity contribution is 0.350. The molecule has 0 aromatic heterocycles. The van der Waals surface area contributed by atoms with Crippen LogP contribution in [-0.4, -0.2) is 25.7 Å². The number of aliphatic hydroxyl groups is 1. The van der Waals surface area contributed by atoms with E-state index in [2.05, 4.69) is 16.6 Å². The van der Waals surface area contributed by atoms with E-state index >= 15 is 0 Å². The summed E-state index contributed by atoms with van der Waals surface area (Å²) in [5, 5.41) is 8.78. The van der Waals surface area contributed by atoms with Crippen molar-refractivity contribution in [2.24, 2.45) is 5.92 Å². The first kappa shape index (κ1) is 16.3. The van der Waals surface area contributed by atoms with Crippen molar-refractivity contribution in [1.82, 2.24) is 4.72 Å². The summed E-state index contributed by atoms with van der Waals surface area (Å²) in [4.78, 5) is 0.0486. The second kappa shape index (κ2) is 5.98.